The average Bonchev–Trinajstić information content (AvgIpc) is 2.47. The van der Waals surface area contributed by atoms with E-state index in [1.165, 1.54) is 19.1 Å². The zero-order valence-corrected chi connectivity index (χ0v) is 12.5. The van der Waals surface area contributed by atoms with Gasteiger partial charge in [0.1, 0.15) is 0 Å². The number of hydrogen-bond donors (Lipinski definition) is 3. The zero-order valence-electron chi connectivity index (χ0n) is 12.5. The molecule has 0 heterocycles. The lowest BCUT2D eigenvalue weighted by molar-refractivity contribution is -0.114. The highest BCUT2D eigenvalue weighted by Crippen LogP contribution is 2.21. The predicted molar refractivity (Wildman–Crippen MR) is 84.5 cm³/mol. The maximum atomic E-state index is 13.5. The highest BCUT2D eigenvalue weighted by atomic mass is 19.2. The molecule has 7 heteroatoms. The summed E-state index contributed by atoms with van der Waals surface area (Å²) in [5.74, 6) is -2.42. The molecule has 0 atom stereocenters. The van der Waals surface area contributed by atoms with Crippen LogP contribution in [0.1, 0.15) is 12.5 Å². The van der Waals surface area contributed by atoms with E-state index in [4.69, 9.17) is 0 Å². The van der Waals surface area contributed by atoms with Gasteiger partial charge in [0.2, 0.25) is 5.91 Å². The van der Waals surface area contributed by atoms with Crippen LogP contribution in [-0.2, 0) is 4.79 Å². The summed E-state index contributed by atoms with van der Waals surface area (Å²) in [6.45, 7) is 3.18. The van der Waals surface area contributed by atoms with E-state index >= 15 is 0 Å². The minimum absolute atomic E-state index is 0.239. The van der Waals surface area contributed by atoms with E-state index in [0.717, 1.165) is 11.6 Å². The van der Waals surface area contributed by atoms with Crippen LogP contribution in [0.4, 0.5) is 30.6 Å². The topological polar surface area (TPSA) is 70.2 Å². The van der Waals surface area contributed by atoms with Gasteiger partial charge in [-0.05, 0) is 36.8 Å². The first kappa shape index (κ1) is 16.4. The van der Waals surface area contributed by atoms with Crippen LogP contribution >= 0.6 is 0 Å². The summed E-state index contributed by atoms with van der Waals surface area (Å²) >= 11 is 0. The maximum Gasteiger partial charge on any atom is 0.323 e. The third-order valence-electron chi connectivity index (χ3n) is 3.01. The summed E-state index contributed by atoms with van der Waals surface area (Å²) in [5.41, 5.74) is 1.50. The smallest absolute Gasteiger partial charge is 0.323 e. The molecule has 2 aromatic rings. The molecule has 2 aromatic carbocycles. The number of aryl methyl sites for hydroxylation is 1. The van der Waals surface area contributed by atoms with Gasteiger partial charge in [0.05, 0.1) is 5.69 Å². The molecule has 23 heavy (non-hydrogen) atoms. The molecule has 0 bridgehead atoms. The number of halogens is 2. The lowest BCUT2D eigenvalue weighted by Gasteiger charge is -2.11. The second-order valence-corrected chi connectivity index (χ2v) is 4.89. The van der Waals surface area contributed by atoms with Crippen molar-refractivity contribution >= 4 is 29.0 Å². The van der Waals surface area contributed by atoms with Gasteiger partial charge in [0.15, 0.2) is 11.6 Å². The molecular weight excluding hydrogens is 304 g/mol. The Labute approximate surface area is 131 Å². The molecule has 0 aliphatic rings. The van der Waals surface area contributed by atoms with Gasteiger partial charge in [0, 0.05) is 18.3 Å². The van der Waals surface area contributed by atoms with Crippen LogP contribution in [0.3, 0.4) is 0 Å². The van der Waals surface area contributed by atoms with Crippen molar-refractivity contribution in [2.45, 2.75) is 13.8 Å². The summed E-state index contributed by atoms with van der Waals surface area (Å²) in [7, 11) is 0. The van der Waals surface area contributed by atoms with Crippen LogP contribution < -0.4 is 16.0 Å². The fourth-order valence-corrected chi connectivity index (χ4v) is 1.91. The summed E-state index contributed by atoms with van der Waals surface area (Å²) in [5, 5.41) is 7.34. The number of rotatable bonds is 3. The van der Waals surface area contributed by atoms with E-state index < -0.39 is 17.7 Å². The Balaban J connectivity index is 2.11. The van der Waals surface area contributed by atoms with E-state index in [1.54, 1.807) is 25.1 Å². The van der Waals surface area contributed by atoms with Crippen molar-refractivity contribution in [2.75, 3.05) is 16.0 Å². The molecule has 0 radical (unpaired) electrons. The fraction of sp³-hybridized carbons (Fsp3) is 0.125. The molecule has 0 spiro atoms. The molecule has 120 valence electrons. The third kappa shape index (κ3) is 4.26. The van der Waals surface area contributed by atoms with Gasteiger partial charge in [-0.3, -0.25) is 4.79 Å². The number of carbonyl (C=O) groups is 2. The standard InChI is InChI=1S/C16H15F2N3O2/c1-9-6-7-11(8-14(9)19-10(2)22)20-16(23)21-13-5-3-4-12(17)15(13)18/h3-8H,1-2H3,(H,19,22)(H2,20,21,23). The van der Waals surface area contributed by atoms with Crippen LogP contribution in [0.2, 0.25) is 0 Å². The van der Waals surface area contributed by atoms with Crippen molar-refractivity contribution in [1.82, 2.24) is 0 Å². The fourth-order valence-electron chi connectivity index (χ4n) is 1.91. The maximum absolute atomic E-state index is 13.5. The van der Waals surface area contributed by atoms with Gasteiger partial charge < -0.3 is 16.0 Å². The van der Waals surface area contributed by atoms with E-state index in [-0.39, 0.29) is 11.6 Å². The largest absolute Gasteiger partial charge is 0.326 e. The Kier molecular flexibility index (Phi) is 4.90. The normalized spacial score (nSPS) is 10.1. The second kappa shape index (κ2) is 6.87. The van der Waals surface area contributed by atoms with Gasteiger partial charge >= 0.3 is 6.03 Å². The predicted octanol–water partition coefficient (Wildman–Crippen LogP) is 3.88. The molecule has 3 amide bonds. The Morgan fingerprint density at radius 1 is 0.957 bits per heavy atom. The third-order valence-corrected chi connectivity index (χ3v) is 3.01. The number of carbonyl (C=O) groups excluding carboxylic acids is 2. The Bertz CT molecular complexity index is 763. The van der Waals surface area contributed by atoms with Crippen molar-refractivity contribution in [3.05, 3.63) is 53.6 Å². The van der Waals surface area contributed by atoms with Gasteiger partial charge in [-0.15, -0.1) is 0 Å². The van der Waals surface area contributed by atoms with Gasteiger partial charge in [-0.1, -0.05) is 12.1 Å². The van der Waals surface area contributed by atoms with Crippen LogP contribution in [-0.4, -0.2) is 11.9 Å². The lowest BCUT2D eigenvalue weighted by atomic mass is 10.2. The van der Waals surface area contributed by atoms with E-state index in [0.29, 0.717) is 11.4 Å². The van der Waals surface area contributed by atoms with Crippen LogP contribution in [0.25, 0.3) is 0 Å². The lowest BCUT2D eigenvalue weighted by Crippen LogP contribution is -2.20. The first-order chi connectivity index (χ1) is 10.9. The van der Waals surface area contributed by atoms with E-state index in [2.05, 4.69) is 16.0 Å². The van der Waals surface area contributed by atoms with Crippen molar-refractivity contribution < 1.29 is 18.4 Å². The van der Waals surface area contributed by atoms with Crippen molar-refractivity contribution in [1.29, 1.82) is 0 Å². The summed E-state index contributed by atoms with van der Waals surface area (Å²) < 4.78 is 26.6. The second-order valence-electron chi connectivity index (χ2n) is 4.89. The monoisotopic (exact) mass is 319 g/mol. The Morgan fingerprint density at radius 2 is 1.70 bits per heavy atom. The van der Waals surface area contributed by atoms with Crippen molar-refractivity contribution in [2.24, 2.45) is 0 Å². The van der Waals surface area contributed by atoms with E-state index in [1.807, 2.05) is 0 Å². The molecule has 0 aliphatic heterocycles. The molecule has 3 N–H and O–H groups in total. The van der Waals surface area contributed by atoms with Crippen LogP contribution in [0.15, 0.2) is 36.4 Å². The molecule has 2 rings (SSSR count). The number of hydrogen-bond acceptors (Lipinski definition) is 2. The molecule has 0 unspecified atom stereocenters. The minimum atomic E-state index is -1.13. The van der Waals surface area contributed by atoms with Crippen molar-refractivity contribution in [3.8, 4) is 0 Å². The minimum Gasteiger partial charge on any atom is -0.326 e. The quantitative estimate of drug-likeness (QED) is 0.803. The number of benzene rings is 2. The molecule has 0 saturated carbocycles. The first-order valence-corrected chi connectivity index (χ1v) is 6.77. The Morgan fingerprint density at radius 3 is 2.39 bits per heavy atom. The number of amides is 3. The van der Waals surface area contributed by atoms with Gasteiger partial charge in [-0.2, -0.15) is 0 Å². The molecular formula is C16H15F2N3O2. The van der Waals surface area contributed by atoms with Crippen LogP contribution in [0, 0.1) is 18.6 Å². The number of anilines is 3. The zero-order chi connectivity index (χ0) is 17.0. The molecule has 5 nitrogen and oxygen atoms in total. The van der Waals surface area contributed by atoms with Crippen molar-refractivity contribution in [3.63, 3.8) is 0 Å². The molecule has 0 saturated heterocycles. The molecule has 0 aromatic heterocycles. The van der Waals surface area contributed by atoms with Crippen LogP contribution in [0.5, 0.6) is 0 Å². The highest BCUT2D eigenvalue weighted by Gasteiger charge is 2.11. The Hall–Kier alpha value is -2.96. The molecule has 0 fully saturated rings. The van der Waals surface area contributed by atoms with E-state index in [9.17, 15) is 18.4 Å². The summed E-state index contributed by atoms with van der Waals surface area (Å²) in [6, 6.07) is 7.67. The number of nitrogens with one attached hydrogen (secondary N) is 3. The number of urea groups is 1. The highest BCUT2D eigenvalue weighted by molar-refractivity contribution is 6.00. The van der Waals surface area contributed by atoms with Gasteiger partial charge in [0.25, 0.3) is 0 Å². The average molecular weight is 319 g/mol. The summed E-state index contributed by atoms with van der Waals surface area (Å²) in [6.07, 6.45) is 0. The van der Waals surface area contributed by atoms with Gasteiger partial charge in [-0.25, -0.2) is 13.6 Å². The SMILES string of the molecule is CC(=O)Nc1cc(NC(=O)Nc2cccc(F)c2F)ccc1C. The summed E-state index contributed by atoms with van der Waals surface area (Å²) in [4.78, 5) is 23.0. The molecule has 0 aliphatic carbocycles. The first-order valence-electron chi connectivity index (χ1n) is 6.77.